The third-order valence-electron chi connectivity index (χ3n) is 2.93. The lowest BCUT2D eigenvalue weighted by atomic mass is 10.1. The van der Waals surface area contributed by atoms with Crippen LogP contribution in [0.25, 0.3) is 0 Å². The molecule has 0 aliphatic rings. The summed E-state index contributed by atoms with van der Waals surface area (Å²) in [4.78, 5) is 2.44. The third kappa shape index (κ3) is 4.62. The minimum Gasteiger partial charge on any atom is -0.372 e. The first-order valence-corrected chi connectivity index (χ1v) is 7.66. The van der Waals surface area contributed by atoms with Gasteiger partial charge in [0.1, 0.15) is 0 Å². The van der Waals surface area contributed by atoms with Gasteiger partial charge in [0.2, 0.25) is 0 Å². The molecule has 0 aromatic heterocycles. The first-order chi connectivity index (χ1) is 8.58. The molecule has 0 aliphatic heterocycles. The Morgan fingerprint density at radius 2 is 1.83 bits per heavy atom. The zero-order chi connectivity index (χ0) is 13.5. The van der Waals surface area contributed by atoms with Crippen molar-refractivity contribution in [2.45, 2.75) is 46.1 Å². The van der Waals surface area contributed by atoms with E-state index in [-0.39, 0.29) is 6.04 Å². The second-order valence-corrected chi connectivity index (χ2v) is 5.80. The average Bonchev–Trinajstić information content (AvgIpc) is 2.31. The minimum atomic E-state index is 0.203. The SMILES string of the molecule is CCCN(CCC)c1ccc(CC(C)N)c(Br)c1. The molecule has 3 heteroatoms. The highest BCUT2D eigenvalue weighted by Gasteiger charge is 2.08. The van der Waals surface area contributed by atoms with E-state index in [2.05, 4.69) is 52.9 Å². The van der Waals surface area contributed by atoms with Crippen LogP contribution in [-0.4, -0.2) is 19.1 Å². The van der Waals surface area contributed by atoms with Gasteiger partial charge in [-0.25, -0.2) is 0 Å². The fourth-order valence-corrected chi connectivity index (χ4v) is 2.68. The Labute approximate surface area is 120 Å². The quantitative estimate of drug-likeness (QED) is 0.825. The predicted octanol–water partition coefficient (Wildman–Crippen LogP) is 3.97. The van der Waals surface area contributed by atoms with Crippen molar-refractivity contribution in [1.82, 2.24) is 0 Å². The molecule has 0 radical (unpaired) electrons. The van der Waals surface area contributed by atoms with E-state index in [1.54, 1.807) is 0 Å². The Kier molecular flexibility index (Phi) is 6.72. The molecule has 0 fully saturated rings. The van der Waals surface area contributed by atoms with E-state index >= 15 is 0 Å². The van der Waals surface area contributed by atoms with Crippen molar-refractivity contribution in [3.63, 3.8) is 0 Å². The van der Waals surface area contributed by atoms with Gasteiger partial charge in [-0.1, -0.05) is 35.8 Å². The Bertz CT molecular complexity index is 358. The van der Waals surface area contributed by atoms with E-state index < -0.39 is 0 Å². The molecule has 0 heterocycles. The molecule has 0 amide bonds. The van der Waals surface area contributed by atoms with E-state index in [1.807, 2.05) is 6.92 Å². The molecule has 0 saturated heterocycles. The lowest BCUT2D eigenvalue weighted by Gasteiger charge is -2.24. The van der Waals surface area contributed by atoms with E-state index in [0.717, 1.165) is 19.5 Å². The highest BCUT2D eigenvalue weighted by atomic mass is 79.9. The molecule has 102 valence electrons. The molecule has 1 atom stereocenters. The maximum atomic E-state index is 5.86. The zero-order valence-electron chi connectivity index (χ0n) is 11.7. The number of nitrogens with two attached hydrogens (primary N) is 1. The van der Waals surface area contributed by atoms with Gasteiger partial charge in [0, 0.05) is 29.3 Å². The van der Waals surface area contributed by atoms with Crippen LogP contribution in [0.15, 0.2) is 22.7 Å². The smallest absolute Gasteiger partial charge is 0.0377 e. The van der Waals surface area contributed by atoms with Gasteiger partial charge in [0.15, 0.2) is 0 Å². The fraction of sp³-hybridized carbons (Fsp3) is 0.600. The first-order valence-electron chi connectivity index (χ1n) is 6.87. The average molecular weight is 313 g/mol. The van der Waals surface area contributed by atoms with Crippen LogP contribution < -0.4 is 10.6 Å². The number of hydrogen-bond acceptors (Lipinski definition) is 2. The standard InChI is InChI=1S/C15H25BrN2/c1-4-8-18(9-5-2)14-7-6-13(10-12(3)17)15(16)11-14/h6-7,11-12H,4-5,8-10,17H2,1-3H3. The maximum Gasteiger partial charge on any atom is 0.0377 e. The van der Waals surface area contributed by atoms with Gasteiger partial charge < -0.3 is 10.6 Å². The highest BCUT2D eigenvalue weighted by molar-refractivity contribution is 9.10. The van der Waals surface area contributed by atoms with Crippen LogP contribution >= 0.6 is 15.9 Å². The van der Waals surface area contributed by atoms with Crippen molar-refractivity contribution in [2.24, 2.45) is 5.73 Å². The van der Waals surface area contributed by atoms with Crippen molar-refractivity contribution >= 4 is 21.6 Å². The molecule has 0 saturated carbocycles. The second-order valence-electron chi connectivity index (χ2n) is 4.94. The van der Waals surface area contributed by atoms with Gasteiger partial charge in [-0.2, -0.15) is 0 Å². The molecule has 0 aliphatic carbocycles. The van der Waals surface area contributed by atoms with Crippen LogP contribution in [0, 0.1) is 0 Å². The van der Waals surface area contributed by atoms with Gasteiger partial charge in [0.05, 0.1) is 0 Å². The minimum absolute atomic E-state index is 0.203. The molecule has 1 aromatic rings. The van der Waals surface area contributed by atoms with E-state index in [4.69, 9.17) is 5.73 Å². The van der Waals surface area contributed by atoms with Crippen LogP contribution in [-0.2, 0) is 6.42 Å². The number of anilines is 1. The third-order valence-corrected chi connectivity index (χ3v) is 3.67. The lowest BCUT2D eigenvalue weighted by molar-refractivity contribution is 0.732. The number of nitrogens with zero attached hydrogens (tertiary/aromatic N) is 1. The maximum absolute atomic E-state index is 5.86. The van der Waals surface area contributed by atoms with Gasteiger partial charge in [-0.15, -0.1) is 0 Å². The molecule has 2 N–H and O–H groups in total. The van der Waals surface area contributed by atoms with Crippen molar-refractivity contribution in [1.29, 1.82) is 0 Å². The second kappa shape index (κ2) is 7.80. The molecule has 0 spiro atoms. The lowest BCUT2D eigenvalue weighted by Crippen LogP contribution is -2.25. The van der Waals surface area contributed by atoms with Crippen molar-refractivity contribution in [3.05, 3.63) is 28.2 Å². The van der Waals surface area contributed by atoms with Crippen molar-refractivity contribution in [3.8, 4) is 0 Å². The van der Waals surface area contributed by atoms with Gasteiger partial charge in [-0.05, 0) is 43.9 Å². The Morgan fingerprint density at radius 3 is 2.28 bits per heavy atom. The number of hydrogen-bond donors (Lipinski definition) is 1. The zero-order valence-corrected chi connectivity index (χ0v) is 13.3. The van der Waals surface area contributed by atoms with E-state index in [0.29, 0.717) is 0 Å². The summed E-state index contributed by atoms with van der Waals surface area (Å²) in [7, 11) is 0. The molecular weight excluding hydrogens is 288 g/mol. The normalized spacial score (nSPS) is 12.5. The summed E-state index contributed by atoms with van der Waals surface area (Å²) in [5, 5.41) is 0. The van der Waals surface area contributed by atoms with Crippen molar-refractivity contribution < 1.29 is 0 Å². The molecule has 2 nitrogen and oxygen atoms in total. The van der Waals surface area contributed by atoms with Gasteiger partial charge >= 0.3 is 0 Å². The van der Waals surface area contributed by atoms with Crippen LogP contribution in [0.3, 0.4) is 0 Å². The van der Waals surface area contributed by atoms with E-state index in [9.17, 15) is 0 Å². The topological polar surface area (TPSA) is 29.3 Å². The molecule has 0 bridgehead atoms. The summed E-state index contributed by atoms with van der Waals surface area (Å²) >= 11 is 3.66. The number of benzene rings is 1. The predicted molar refractivity (Wildman–Crippen MR) is 84.3 cm³/mol. The largest absolute Gasteiger partial charge is 0.372 e. The summed E-state index contributed by atoms with van der Waals surface area (Å²) in [5.41, 5.74) is 8.45. The number of rotatable bonds is 7. The van der Waals surface area contributed by atoms with Crippen LogP contribution in [0.4, 0.5) is 5.69 Å². The highest BCUT2D eigenvalue weighted by Crippen LogP contribution is 2.25. The molecule has 18 heavy (non-hydrogen) atoms. The van der Waals surface area contributed by atoms with Crippen molar-refractivity contribution in [2.75, 3.05) is 18.0 Å². The fourth-order valence-electron chi connectivity index (χ4n) is 2.16. The monoisotopic (exact) mass is 312 g/mol. The summed E-state index contributed by atoms with van der Waals surface area (Å²) in [5.74, 6) is 0. The van der Waals surface area contributed by atoms with E-state index in [1.165, 1.54) is 28.6 Å². The Balaban J connectivity index is 2.86. The molecule has 1 aromatic carbocycles. The van der Waals surface area contributed by atoms with Gasteiger partial charge in [0.25, 0.3) is 0 Å². The van der Waals surface area contributed by atoms with Crippen LogP contribution in [0.2, 0.25) is 0 Å². The molecule has 1 rings (SSSR count). The summed E-state index contributed by atoms with van der Waals surface area (Å²) in [6.07, 6.45) is 3.28. The Morgan fingerprint density at radius 1 is 1.22 bits per heavy atom. The first kappa shape index (κ1) is 15.5. The number of halogens is 1. The molecule has 1 unspecified atom stereocenters. The summed E-state index contributed by atoms with van der Waals surface area (Å²) < 4.78 is 1.18. The van der Waals surface area contributed by atoms with Crippen LogP contribution in [0.1, 0.15) is 39.2 Å². The Hall–Kier alpha value is -0.540. The van der Waals surface area contributed by atoms with Gasteiger partial charge in [-0.3, -0.25) is 0 Å². The summed E-state index contributed by atoms with van der Waals surface area (Å²) in [6, 6.07) is 6.84. The summed E-state index contributed by atoms with van der Waals surface area (Å²) in [6.45, 7) is 8.73. The molecular formula is C15H25BrN2. The van der Waals surface area contributed by atoms with Crippen LogP contribution in [0.5, 0.6) is 0 Å².